The fourth-order valence-electron chi connectivity index (χ4n) is 3.19. The van der Waals surface area contributed by atoms with Gasteiger partial charge in [-0.2, -0.15) is 0 Å². The molecule has 0 saturated carbocycles. The van der Waals surface area contributed by atoms with E-state index in [-0.39, 0.29) is 6.04 Å². The summed E-state index contributed by atoms with van der Waals surface area (Å²) in [5, 5.41) is 0.808. The van der Waals surface area contributed by atoms with Gasteiger partial charge in [0.15, 0.2) is 0 Å². The average molecular weight is 295 g/mol. The summed E-state index contributed by atoms with van der Waals surface area (Å²) < 4.78 is 0. The maximum Gasteiger partial charge on any atom is 0.0499 e. The predicted molar refractivity (Wildman–Crippen MR) is 87.1 cm³/mol. The topological polar surface area (TPSA) is 29.3 Å². The molecule has 0 amide bonds. The zero-order valence-electron chi connectivity index (χ0n) is 12.5. The molecule has 0 aliphatic carbocycles. The van der Waals surface area contributed by atoms with Gasteiger partial charge in [-0.15, -0.1) is 0 Å². The van der Waals surface area contributed by atoms with E-state index in [0.717, 1.165) is 24.5 Å². The monoisotopic (exact) mass is 294 g/mol. The van der Waals surface area contributed by atoms with Crippen LogP contribution in [0.1, 0.15) is 57.1 Å². The second-order valence-corrected chi connectivity index (χ2v) is 6.31. The third-order valence-corrected chi connectivity index (χ3v) is 4.59. The van der Waals surface area contributed by atoms with E-state index in [4.69, 9.17) is 17.3 Å². The van der Waals surface area contributed by atoms with Crippen molar-refractivity contribution in [2.75, 3.05) is 13.1 Å². The van der Waals surface area contributed by atoms with Crippen LogP contribution >= 0.6 is 11.6 Å². The minimum absolute atomic E-state index is 0.174. The summed E-state index contributed by atoms with van der Waals surface area (Å²) in [5.74, 6) is 0. The Hall–Kier alpha value is -0.570. The van der Waals surface area contributed by atoms with Crippen LogP contribution in [0.4, 0.5) is 0 Å². The molecule has 0 spiro atoms. The summed E-state index contributed by atoms with van der Waals surface area (Å²) in [5.41, 5.74) is 7.71. The van der Waals surface area contributed by atoms with Crippen LogP contribution in [0.15, 0.2) is 24.3 Å². The summed E-state index contributed by atoms with van der Waals surface area (Å²) in [4.78, 5) is 2.58. The van der Waals surface area contributed by atoms with Crippen molar-refractivity contribution in [3.8, 4) is 0 Å². The van der Waals surface area contributed by atoms with E-state index in [1.165, 1.54) is 37.7 Å². The third kappa shape index (κ3) is 4.21. The molecule has 2 atom stereocenters. The van der Waals surface area contributed by atoms with Gasteiger partial charge >= 0.3 is 0 Å². The molecule has 0 radical (unpaired) electrons. The first-order valence-electron chi connectivity index (χ1n) is 7.97. The number of nitrogens with two attached hydrogens (primary N) is 1. The quantitative estimate of drug-likeness (QED) is 0.892. The van der Waals surface area contributed by atoms with E-state index < -0.39 is 0 Å². The molecular formula is C17H27ClN2. The van der Waals surface area contributed by atoms with Crippen molar-refractivity contribution in [2.24, 2.45) is 5.73 Å². The first-order valence-corrected chi connectivity index (χ1v) is 8.35. The van der Waals surface area contributed by atoms with Gasteiger partial charge in [0.05, 0.1) is 0 Å². The number of nitrogens with zero attached hydrogens (tertiary/aromatic N) is 1. The predicted octanol–water partition coefficient (Wildman–Crippen LogP) is 4.38. The smallest absolute Gasteiger partial charge is 0.0499 e. The van der Waals surface area contributed by atoms with Crippen molar-refractivity contribution >= 4 is 11.6 Å². The first-order chi connectivity index (χ1) is 9.72. The van der Waals surface area contributed by atoms with Crippen LogP contribution in [-0.2, 0) is 0 Å². The molecule has 2 N–H and O–H groups in total. The Bertz CT molecular complexity index is 400. The normalized spacial score (nSPS) is 20.9. The van der Waals surface area contributed by atoms with Crippen LogP contribution in [0.2, 0.25) is 5.02 Å². The molecule has 2 unspecified atom stereocenters. The van der Waals surface area contributed by atoms with Gasteiger partial charge in [-0.25, -0.2) is 0 Å². The minimum atomic E-state index is 0.174. The van der Waals surface area contributed by atoms with E-state index in [1.807, 2.05) is 12.1 Å². The standard InChI is InChI=1S/C17H27ClN2/c1-2-16(19)17(14-9-8-10-15(18)13-14)20-11-6-4-3-5-7-12-20/h8-10,13,16-17H,2-7,11-12,19H2,1H3. The van der Waals surface area contributed by atoms with Crippen molar-refractivity contribution in [3.63, 3.8) is 0 Å². The van der Waals surface area contributed by atoms with Crippen LogP contribution in [0.25, 0.3) is 0 Å². The second kappa shape index (κ2) is 8.02. The summed E-state index contributed by atoms with van der Waals surface area (Å²) in [6, 6.07) is 8.71. The molecule has 1 aliphatic heterocycles. The van der Waals surface area contributed by atoms with Gasteiger partial charge in [0.1, 0.15) is 0 Å². The molecule has 1 aromatic rings. The Morgan fingerprint density at radius 2 is 1.80 bits per heavy atom. The lowest BCUT2D eigenvalue weighted by Gasteiger charge is -2.36. The molecule has 1 aliphatic rings. The van der Waals surface area contributed by atoms with Crippen LogP contribution in [0.5, 0.6) is 0 Å². The largest absolute Gasteiger partial charge is 0.326 e. The van der Waals surface area contributed by atoms with Crippen molar-refractivity contribution in [1.82, 2.24) is 4.90 Å². The second-order valence-electron chi connectivity index (χ2n) is 5.88. The molecule has 0 aromatic heterocycles. The Labute approximate surface area is 128 Å². The fourth-order valence-corrected chi connectivity index (χ4v) is 3.39. The van der Waals surface area contributed by atoms with Gasteiger partial charge < -0.3 is 5.73 Å². The van der Waals surface area contributed by atoms with E-state index in [0.29, 0.717) is 6.04 Å². The van der Waals surface area contributed by atoms with Crippen LogP contribution < -0.4 is 5.73 Å². The molecule has 2 rings (SSSR count). The van der Waals surface area contributed by atoms with Gasteiger partial charge in [0.25, 0.3) is 0 Å². The molecule has 0 bridgehead atoms. The highest BCUT2D eigenvalue weighted by atomic mass is 35.5. The number of benzene rings is 1. The SMILES string of the molecule is CCC(N)C(c1cccc(Cl)c1)N1CCCCCCC1. The Morgan fingerprint density at radius 3 is 2.40 bits per heavy atom. The van der Waals surface area contributed by atoms with E-state index >= 15 is 0 Å². The number of hydrogen-bond acceptors (Lipinski definition) is 2. The first kappa shape index (κ1) is 15.8. The Balaban J connectivity index is 2.21. The highest BCUT2D eigenvalue weighted by Gasteiger charge is 2.25. The third-order valence-electron chi connectivity index (χ3n) is 4.35. The van der Waals surface area contributed by atoms with Crippen LogP contribution in [-0.4, -0.2) is 24.0 Å². The molecule has 1 saturated heterocycles. The Morgan fingerprint density at radius 1 is 1.15 bits per heavy atom. The molecule has 3 heteroatoms. The zero-order valence-corrected chi connectivity index (χ0v) is 13.3. The number of hydrogen-bond donors (Lipinski definition) is 1. The highest BCUT2D eigenvalue weighted by molar-refractivity contribution is 6.30. The van der Waals surface area contributed by atoms with Gasteiger partial charge in [-0.3, -0.25) is 4.90 Å². The van der Waals surface area contributed by atoms with E-state index in [1.54, 1.807) is 0 Å². The van der Waals surface area contributed by atoms with Crippen molar-refractivity contribution < 1.29 is 0 Å². The lowest BCUT2D eigenvalue weighted by atomic mass is 9.94. The lowest BCUT2D eigenvalue weighted by molar-refractivity contribution is 0.155. The average Bonchev–Trinajstić information content (AvgIpc) is 2.41. The number of likely N-dealkylation sites (tertiary alicyclic amines) is 1. The maximum absolute atomic E-state index is 6.44. The summed E-state index contributed by atoms with van der Waals surface area (Å²) in [6.07, 6.45) is 7.64. The molecule has 1 aromatic carbocycles. The van der Waals surface area contributed by atoms with Gasteiger partial charge in [0.2, 0.25) is 0 Å². The van der Waals surface area contributed by atoms with Crippen LogP contribution in [0, 0.1) is 0 Å². The van der Waals surface area contributed by atoms with Crippen molar-refractivity contribution in [3.05, 3.63) is 34.9 Å². The summed E-state index contributed by atoms with van der Waals surface area (Å²) in [6.45, 7) is 4.49. The molecule has 1 heterocycles. The van der Waals surface area contributed by atoms with Gasteiger partial charge in [-0.05, 0) is 50.0 Å². The maximum atomic E-state index is 6.44. The van der Waals surface area contributed by atoms with Gasteiger partial charge in [-0.1, -0.05) is 49.9 Å². The molecule has 20 heavy (non-hydrogen) atoms. The zero-order chi connectivity index (χ0) is 14.4. The summed E-state index contributed by atoms with van der Waals surface area (Å²) in [7, 11) is 0. The van der Waals surface area contributed by atoms with E-state index in [2.05, 4.69) is 24.0 Å². The fraction of sp³-hybridized carbons (Fsp3) is 0.647. The van der Waals surface area contributed by atoms with Crippen molar-refractivity contribution in [1.29, 1.82) is 0 Å². The summed E-state index contributed by atoms with van der Waals surface area (Å²) >= 11 is 6.17. The van der Waals surface area contributed by atoms with Crippen molar-refractivity contribution in [2.45, 2.75) is 57.5 Å². The van der Waals surface area contributed by atoms with Gasteiger partial charge in [0, 0.05) is 17.1 Å². The number of halogens is 1. The minimum Gasteiger partial charge on any atom is -0.326 e. The highest BCUT2D eigenvalue weighted by Crippen LogP contribution is 2.29. The van der Waals surface area contributed by atoms with E-state index in [9.17, 15) is 0 Å². The lowest BCUT2D eigenvalue weighted by Crippen LogP contribution is -2.42. The molecular weight excluding hydrogens is 268 g/mol. The molecule has 2 nitrogen and oxygen atoms in total. The molecule has 112 valence electrons. The number of rotatable bonds is 4. The molecule has 1 fully saturated rings. The van der Waals surface area contributed by atoms with Crippen LogP contribution in [0.3, 0.4) is 0 Å². The Kier molecular flexibility index (Phi) is 6.34.